The number of carbonyl (C=O) groups is 1. The fourth-order valence-corrected chi connectivity index (χ4v) is 2.88. The predicted octanol–water partition coefficient (Wildman–Crippen LogP) is 4.39. The van der Waals surface area contributed by atoms with Gasteiger partial charge >= 0.3 is 6.36 Å². The van der Waals surface area contributed by atoms with Crippen LogP contribution in [0.1, 0.15) is 17.3 Å². The first-order valence-corrected chi connectivity index (χ1v) is 8.42. The molecule has 1 heterocycles. The molecule has 150 valence electrons. The summed E-state index contributed by atoms with van der Waals surface area (Å²) in [7, 11) is 0. The molecule has 1 atom stereocenters. The van der Waals surface area contributed by atoms with E-state index >= 15 is 0 Å². The van der Waals surface area contributed by atoms with E-state index in [1.165, 1.54) is 31.2 Å². The lowest BCUT2D eigenvalue weighted by Crippen LogP contribution is -2.47. The third-order valence-corrected chi connectivity index (χ3v) is 4.21. The van der Waals surface area contributed by atoms with Crippen molar-refractivity contribution in [1.29, 1.82) is 5.26 Å². The summed E-state index contributed by atoms with van der Waals surface area (Å²) in [5.41, 5.74) is -0.560. The van der Waals surface area contributed by atoms with Crippen molar-refractivity contribution in [2.75, 3.05) is 0 Å². The van der Waals surface area contributed by atoms with E-state index in [-0.39, 0.29) is 17.9 Å². The van der Waals surface area contributed by atoms with Crippen LogP contribution < -0.4 is 10.1 Å². The largest absolute Gasteiger partial charge is 0.573 e. The van der Waals surface area contributed by atoms with E-state index in [1.54, 1.807) is 22.9 Å². The summed E-state index contributed by atoms with van der Waals surface area (Å²) in [5.74, 6) is -1.47. The average molecular weight is 405 g/mol. The molecule has 0 radical (unpaired) electrons. The highest BCUT2D eigenvalue weighted by Gasteiger charge is 2.31. The second-order valence-electron chi connectivity index (χ2n) is 6.62. The molecule has 0 aliphatic carbocycles. The van der Waals surface area contributed by atoms with Gasteiger partial charge < -0.3 is 14.6 Å². The van der Waals surface area contributed by atoms with Gasteiger partial charge in [-0.05, 0) is 55.5 Å². The molecule has 1 amide bonds. The van der Waals surface area contributed by atoms with Crippen LogP contribution in [0.2, 0.25) is 0 Å². The van der Waals surface area contributed by atoms with Gasteiger partial charge in [-0.25, -0.2) is 4.39 Å². The number of ether oxygens (including phenoxy) is 1. The van der Waals surface area contributed by atoms with E-state index in [0.29, 0.717) is 10.9 Å². The molecule has 1 unspecified atom stereocenters. The van der Waals surface area contributed by atoms with E-state index in [0.717, 1.165) is 12.1 Å². The van der Waals surface area contributed by atoms with Crippen LogP contribution >= 0.6 is 0 Å². The zero-order valence-electron chi connectivity index (χ0n) is 15.1. The van der Waals surface area contributed by atoms with Gasteiger partial charge in [0.1, 0.15) is 17.1 Å². The van der Waals surface area contributed by atoms with E-state index in [9.17, 15) is 27.6 Å². The number of halogens is 4. The monoisotopic (exact) mass is 405 g/mol. The molecule has 29 heavy (non-hydrogen) atoms. The molecule has 0 bridgehead atoms. The number of nitrogens with one attached hydrogen (secondary N) is 1. The molecule has 0 spiro atoms. The third-order valence-electron chi connectivity index (χ3n) is 4.21. The zero-order chi connectivity index (χ0) is 21.2. The normalized spacial score (nSPS) is 13.5. The summed E-state index contributed by atoms with van der Waals surface area (Å²) in [6.45, 7) is 1.60. The Morgan fingerprint density at radius 1 is 1.17 bits per heavy atom. The highest BCUT2D eigenvalue weighted by Crippen LogP contribution is 2.23. The average Bonchev–Trinajstić information content (AvgIpc) is 3.02. The summed E-state index contributed by atoms with van der Waals surface area (Å²) in [6, 6.07) is 12.3. The topological polar surface area (TPSA) is 67.0 Å². The number of alkyl halides is 3. The van der Waals surface area contributed by atoms with Crippen LogP contribution in [0.4, 0.5) is 17.6 Å². The first-order valence-electron chi connectivity index (χ1n) is 8.42. The van der Waals surface area contributed by atoms with Crippen molar-refractivity contribution in [3.8, 4) is 11.8 Å². The summed E-state index contributed by atoms with van der Waals surface area (Å²) < 4.78 is 55.5. The second kappa shape index (κ2) is 7.47. The SMILES string of the molecule is CC(C#N)(Cn1ccc2cc(F)ccc21)NC(=O)c1ccc(OC(F)(F)F)cc1. The van der Waals surface area contributed by atoms with Crippen LogP contribution in [0.5, 0.6) is 5.75 Å². The van der Waals surface area contributed by atoms with E-state index in [2.05, 4.69) is 10.1 Å². The molecule has 2 aromatic carbocycles. The van der Waals surface area contributed by atoms with Crippen molar-refractivity contribution >= 4 is 16.8 Å². The Morgan fingerprint density at radius 2 is 1.86 bits per heavy atom. The summed E-state index contributed by atoms with van der Waals surface area (Å²) in [5, 5.41) is 12.8. The summed E-state index contributed by atoms with van der Waals surface area (Å²) in [4.78, 5) is 12.5. The molecule has 9 heteroatoms. The van der Waals surface area contributed by atoms with Crippen LogP contribution in [0.25, 0.3) is 10.9 Å². The number of fused-ring (bicyclic) bond motifs is 1. The molecule has 0 aliphatic heterocycles. The smallest absolute Gasteiger partial charge is 0.406 e. The molecular formula is C20H15F4N3O2. The van der Waals surface area contributed by atoms with Crippen LogP contribution in [0, 0.1) is 17.1 Å². The zero-order valence-corrected chi connectivity index (χ0v) is 15.1. The molecule has 1 N–H and O–H groups in total. The summed E-state index contributed by atoms with van der Waals surface area (Å²) >= 11 is 0. The molecule has 0 saturated carbocycles. The van der Waals surface area contributed by atoms with Gasteiger partial charge in [-0.3, -0.25) is 4.79 Å². The van der Waals surface area contributed by atoms with Crippen molar-refractivity contribution in [2.24, 2.45) is 0 Å². The van der Waals surface area contributed by atoms with Crippen molar-refractivity contribution < 1.29 is 27.1 Å². The fraction of sp³-hybridized carbons (Fsp3) is 0.200. The number of hydrogen-bond donors (Lipinski definition) is 1. The second-order valence-corrected chi connectivity index (χ2v) is 6.62. The van der Waals surface area contributed by atoms with Crippen LogP contribution in [-0.2, 0) is 6.54 Å². The van der Waals surface area contributed by atoms with E-state index in [4.69, 9.17) is 0 Å². The Kier molecular flexibility index (Phi) is 5.20. The lowest BCUT2D eigenvalue weighted by molar-refractivity contribution is -0.274. The minimum atomic E-state index is -4.83. The highest BCUT2D eigenvalue weighted by atomic mass is 19.4. The number of hydrogen-bond acceptors (Lipinski definition) is 3. The first kappa shape index (κ1) is 20.2. The summed E-state index contributed by atoms with van der Waals surface area (Å²) in [6.07, 6.45) is -3.15. The first-order chi connectivity index (χ1) is 13.6. The Bertz CT molecular complexity index is 1080. The lowest BCUT2D eigenvalue weighted by atomic mass is 10.0. The maximum Gasteiger partial charge on any atom is 0.573 e. The van der Waals surface area contributed by atoms with Gasteiger partial charge in [-0.1, -0.05) is 0 Å². The maximum atomic E-state index is 13.3. The lowest BCUT2D eigenvalue weighted by Gasteiger charge is -2.24. The Balaban J connectivity index is 1.75. The van der Waals surface area contributed by atoms with Crippen molar-refractivity contribution in [3.63, 3.8) is 0 Å². The molecule has 0 aliphatic rings. The van der Waals surface area contributed by atoms with Gasteiger partial charge in [-0.15, -0.1) is 13.2 Å². The molecule has 3 rings (SSSR count). The van der Waals surface area contributed by atoms with Crippen LogP contribution in [0.15, 0.2) is 54.7 Å². The Hall–Kier alpha value is -3.54. The van der Waals surface area contributed by atoms with Gasteiger partial charge in [0, 0.05) is 22.7 Å². The number of rotatable bonds is 5. The van der Waals surface area contributed by atoms with Gasteiger partial charge in [0.15, 0.2) is 0 Å². The fourth-order valence-electron chi connectivity index (χ4n) is 2.88. The Labute approximate surface area is 163 Å². The molecule has 3 aromatic rings. The minimum Gasteiger partial charge on any atom is -0.406 e. The quantitative estimate of drug-likeness (QED) is 0.640. The van der Waals surface area contributed by atoms with E-state index < -0.39 is 23.6 Å². The molecule has 1 aromatic heterocycles. The molecule has 0 fully saturated rings. The number of amides is 1. The number of carbonyl (C=O) groups excluding carboxylic acids is 1. The van der Waals surface area contributed by atoms with E-state index in [1.807, 2.05) is 6.07 Å². The molecular weight excluding hydrogens is 390 g/mol. The third kappa shape index (κ3) is 4.85. The standard InChI is InChI=1S/C20H15F4N3O2/c1-19(11-25,12-27-9-8-14-10-15(21)4-7-17(14)27)26-18(28)13-2-5-16(6-3-13)29-20(22,23)24/h2-10H,12H2,1H3,(H,26,28). The Morgan fingerprint density at radius 3 is 2.48 bits per heavy atom. The van der Waals surface area contributed by atoms with Crippen molar-refractivity contribution in [2.45, 2.75) is 25.4 Å². The van der Waals surface area contributed by atoms with Crippen LogP contribution in [0.3, 0.4) is 0 Å². The van der Waals surface area contributed by atoms with Gasteiger partial charge in [-0.2, -0.15) is 5.26 Å². The van der Waals surface area contributed by atoms with Gasteiger partial charge in [0.2, 0.25) is 0 Å². The molecule has 0 saturated heterocycles. The van der Waals surface area contributed by atoms with Crippen molar-refractivity contribution in [1.82, 2.24) is 9.88 Å². The number of aromatic nitrogens is 1. The van der Waals surface area contributed by atoms with Gasteiger partial charge in [0.05, 0.1) is 12.6 Å². The van der Waals surface area contributed by atoms with Crippen molar-refractivity contribution in [3.05, 3.63) is 66.1 Å². The maximum absolute atomic E-state index is 13.3. The number of benzene rings is 2. The van der Waals surface area contributed by atoms with Crippen LogP contribution in [-0.4, -0.2) is 22.4 Å². The van der Waals surface area contributed by atoms with Gasteiger partial charge in [0.25, 0.3) is 5.91 Å². The minimum absolute atomic E-state index is 0.0698. The number of nitriles is 1. The highest BCUT2D eigenvalue weighted by molar-refractivity contribution is 5.95. The molecule has 5 nitrogen and oxygen atoms in total. The predicted molar refractivity (Wildman–Crippen MR) is 96.5 cm³/mol. The number of nitrogens with zero attached hydrogens (tertiary/aromatic N) is 2.